The van der Waals surface area contributed by atoms with Crippen LogP contribution in [0.5, 0.6) is 5.75 Å². The quantitative estimate of drug-likeness (QED) is 0.575. The third-order valence-corrected chi connectivity index (χ3v) is 5.78. The van der Waals surface area contributed by atoms with Crippen molar-refractivity contribution in [2.45, 2.75) is 24.2 Å². The Morgan fingerprint density at radius 1 is 1.22 bits per heavy atom. The Morgan fingerprint density at radius 2 is 2.00 bits per heavy atom. The lowest BCUT2D eigenvalue weighted by atomic mass is 9.98. The Morgan fingerprint density at radius 3 is 2.70 bits per heavy atom. The number of hydrogen-bond acceptors (Lipinski definition) is 6. The molecule has 1 atom stereocenters. The Balaban J connectivity index is 1.68. The first-order valence-electron chi connectivity index (χ1n) is 8.51. The maximum Gasteiger partial charge on any atom is 0.261 e. The summed E-state index contributed by atoms with van der Waals surface area (Å²) in [5.41, 5.74) is 1.74. The molecule has 1 amide bonds. The number of rotatable bonds is 7. The maximum absolute atomic E-state index is 12.6. The van der Waals surface area contributed by atoms with Crippen molar-refractivity contribution in [3.8, 4) is 5.75 Å². The summed E-state index contributed by atoms with van der Waals surface area (Å²) in [5, 5.41) is 12.5. The molecule has 1 heterocycles. The first-order chi connectivity index (χ1) is 13.1. The van der Waals surface area contributed by atoms with Gasteiger partial charge < -0.3 is 4.74 Å². The molecule has 0 saturated heterocycles. The van der Waals surface area contributed by atoms with Gasteiger partial charge in [0.2, 0.25) is 5.13 Å². The predicted octanol–water partition coefficient (Wildman–Crippen LogP) is 4.87. The molecule has 0 aliphatic rings. The number of ether oxygens (including phenoxy) is 1. The molecule has 3 rings (SSSR count). The second kappa shape index (κ2) is 9.01. The molecule has 27 heavy (non-hydrogen) atoms. The minimum atomic E-state index is -0.252. The smallest absolute Gasteiger partial charge is 0.261 e. The van der Waals surface area contributed by atoms with Crippen LogP contribution in [-0.2, 0) is 6.42 Å². The van der Waals surface area contributed by atoms with Crippen molar-refractivity contribution in [3.05, 3.63) is 64.7 Å². The second-order valence-electron chi connectivity index (χ2n) is 6.04. The zero-order chi connectivity index (χ0) is 19.2. The van der Waals surface area contributed by atoms with Crippen LogP contribution in [-0.4, -0.2) is 29.5 Å². The molecule has 0 bridgehead atoms. The second-order valence-corrected chi connectivity index (χ2v) is 7.98. The van der Waals surface area contributed by atoms with Gasteiger partial charge in [0.1, 0.15) is 10.8 Å². The van der Waals surface area contributed by atoms with E-state index in [2.05, 4.69) is 34.6 Å². The van der Waals surface area contributed by atoms with Crippen molar-refractivity contribution in [2.75, 3.05) is 18.7 Å². The van der Waals surface area contributed by atoms with Gasteiger partial charge >= 0.3 is 0 Å². The van der Waals surface area contributed by atoms with Gasteiger partial charge in [0, 0.05) is 11.3 Å². The predicted molar refractivity (Wildman–Crippen MR) is 111 cm³/mol. The summed E-state index contributed by atoms with van der Waals surface area (Å²) in [6.45, 7) is 2.16. The van der Waals surface area contributed by atoms with E-state index in [-0.39, 0.29) is 5.91 Å². The maximum atomic E-state index is 12.6. The van der Waals surface area contributed by atoms with Crippen molar-refractivity contribution >= 4 is 34.1 Å². The summed E-state index contributed by atoms with van der Waals surface area (Å²) in [6.07, 6.45) is 2.76. The van der Waals surface area contributed by atoms with Crippen molar-refractivity contribution in [3.63, 3.8) is 0 Å². The van der Waals surface area contributed by atoms with Crippen LogP contribution < -0.4 is 10.1 Å². The first-order valence-corrected chi connectivity index (χ1v) is 10.6. The van der Waals surface area contributed by atoms with Gasteiger partial charge in [-0.15, -0.1) is 22.0 Å². The molecule has 0 fully saturated rings. The van der Waals surface area contributed by atoms with Crippen LogP contribution >= 0.6 is 23.1 Å². The highest BCUT2D eigenvalue weighted by molar-refractivity contribution is 7.98. The van der Waals surface area contributed by atoms with Crippen molar-refractivity contribution < 1.29 is 9.53 Å². The van der Waals surface area contributed by atoms with Crippen LogP contribution in [0.4, 0.5) is 5.13 Å². The fourth-order valence-electron chi connectivity index (χ4n) is 2.70. The molecule has 140 valence electrons. The Labute approximate surface area is 167 Å². The fraction of sp³-hybridized carbons (Fsp3) is 0.250. The molecule has 3 aromatic rings. The lowest BCUT2D eigenvalue weighted by molar-refractivity contribution is 0.102. The normalized spacial score (nSPS) is 11.8. The Kier molecular flexibility index (Phi) is 6.47. The molecule has 0 radical (unpaired) electrons. The highest BCUT2D eigenvalue weighted by atomic mass is 32.2. The van der Waals surface area contributed by atoms with Gasteiger partial charge in [-0.25, -0.2) is 0 Å². The number of anilines is 1. The van der Waals surface area contributed by atoms with Gasteiger partial charge in [0.25, 0.3) is 5.91 Å². The van der Waals surface area contributed by atoms with Crippen molar-refractivity contribution in [1.29, 1.82) is 0 Å². The SMILES string of the molecule is COc1cc(SC)ccc1C(=O)Nc1nnc(C[C@@H](C)c2ccccc2)s1. The van der Waals surface area contributed by atoms with Gasteiger partial charge in [-0.3, -0.25) is 10.1 Å². The van der Waals surface area contributed by atoms with Gasteiger partial charge in [-0.1, -0.05) is 48.6 Å². The summed E-state index contributed by atoms with van der Waals surface area (Å²) in [5.74, 6) is 0.627. The standard InChI is InChI=1S/C20H21N3O2S2/c1-13(14-7-5-4-6-8-14)11-18-22-23-20(27-18)21-19(24)16-10-9-15(26-3)12-17(16)25-2/h4-10,12-13H,11H2,1-3H3,(H,21,23,24)/t13-/m1/s1. The molecule has 0 unspecified atom stereocenters. The van der Waals surface area contributed by atoms with Crippen LogP contribution in [0, 0.1) is 0 Å². The van der Waals surface area contributed by atoms with E-state index < -0.39 is 0 Å². The summed E-state index contributed by atoms with van der Waals surface area (Å²) in [7, 11) is 1.56. The lowest BCUT2D eigenvalue weighted by Crippen LogP contribution is -2.13. The van der Waals surface area contributed by atoms with E-state index in [9.17, 15) is 4.79 Å². The van der Waals surface area contributed by atoms with E-state index in [1.54, 1.807) is 24.9 Å². The van der Waals surface area contributed by atoms with Crippen LogP contribution in [0.25, 0.3) is 0 Å². The van der Waals surface area contributed by atoms with E-state index in [0.717, 1.165) is 16.3 Å². The zero-order valence-electron chi connectivity index (χ0n) is 15.4. The topological polar surface area (TPSA) is 64.1 Å². The number of benzene rings is 2. The molecule has 0 saturated carbocycles. The van der Waals surface area contributed by atoms with E-state index in [1.165, 1.54) is 16.9 Å². The van der Waals surface area contributed by atoms with Crippen LogP contribution in [0.2, 0.25) is 0 Å². The van der Waals surface area contributed by atoms with Gasteiger partial charge in [0.05, 0.1) is 12.7 Å². The summed E-state index contributed by atoms with van der Waals surface area (Å²) < 4.78 is 5.35. The number of aromatic nitrogens is 2. The first kappa shape index (κ1) is 19.4. The molecule has 1 aromatic heterocycles. The average molecular weight is 400 g/mol. The summed E-state index contributed by atoms with van der Waals surface area (Å²) in [6, 6.07) is 15.8. The minimum absolute atomic E-state index is 0.252. The van der Waals surface area contributed by atoms with Gasteiger partial charge in [-0.2, -0.15) is 0 Å². The number of carbonyl (C=O) groups excluding carboxylic acids is 1. The molecule has 0 aliphatic heterocycles. The molecule has 5 nitrogen and oxygen atoms in total. The van der Waals surface area contributed by atoms with Crippen molar-refractivity contribution in [2.24, 2.45) is 0 Å². The van der Waals surface area contributed by atoms with Gasteiger partial charge in [-0.05, 0) is 35.9 Å². The Bertz CT molecular complexity index is 913. The highest BCUT2D eigenvalue weighted by Crippen LogP contribution is 2.27. The summed E-state index contributed by atoms with van der Waals surface area (Å²) in [4.78, 5) is 13.6. The number of hydrogen-bond donors (Lipinski definition) is 1. The summed E-state index contributed by atoms with van der Waals surface area (Å²) >= 11 is 3.00. The third-order valence-electron chi connectivity index (χ3n) is 4.19. The number of nitrogens with zero attached hydrogens (tertiary/aromatic N) is 2. The number of nitrogens with one attached hydrogen (secondary N) is 1. The molecule has 1 N–H and O–H groups in total. The molecular formula is C20H21N3O2S2. The van der Waals surface area contributed by atoms with E-state index in [4.69, 9.17) is 4.74 Å². The molecular weight excluding hydrogens is 378 g/mol. The zero-order valence-corrected chi connectivity index (χ0v) is 17.1. The number of carbonyl (C=O) groups is 1. The van der Waals surface area contributed by atoms with E-state index >= 15 is 0 Å². The van der Waals surface area contributed by atoms with Gasteiger partial charge in [0.15, 0.2) is 0 Å². The molecule has 2 aromatic carbocycles. The molecule has 7 heteroatoms. The molecule has 0 spiro atoms. The van der Waals surface area contributed by atoms with Crippen LogP contribution in [0.3, 0.4) is 0 Å². The highest BCUT2D eigenvalue weighted by Gasteiger charge is 2.16. The Hall–Kier alpha value is -2.38. The number of methoxy groups -OCH3 is 1. The van der Waals surface area contributed by atoms with Crippen LogP contribution in [0.15, 0.2) is 53.4 Å². The monoisotopic (exact) mass is 399 g/mol. The van der Waals surface area contributed by atoms with Crippen LogP contribution in [0.1, 0.15) is 33.8 Å². The van der Waals surface area contributed by atoms with E-state index in [1.807, 2.05) is 36.6 Å². The number of thioether (sulfide) groups is 1. The van der Waals surface area contributed by atoms with E-state index in [0.29, 0.717) is 22.4 Å². The fourth-order valence-corrected chi connectivity index (χ4v) is 3.99. The number of amides is 1. The minimum Gasteiger partial charge on any atom is -0.496 e. The molecule has 0 aliphatic carbocycles. The average Bonchev–Trinajstić information content (AvgIpc) is 3.14. The lowest BCUT2D eigenvalue weighted by Gasteiger charge is -2.09. The van der Waals surface area contributed by atoms with Crippen molar-refractivity contribution in [1.82, 2.24) is 10.2 Å². The third kappa shape index (κ3) is 4.87. The largest absolute Gasteiger partial charge is 0.496 e.